The van der Waals surface area contributed by atoms with Gasteiger partial charge in [-0.05, 0) is 39.3 Å². The quantitative estimate of drug-likeness (QED) is 0.664. The van der Waals surface area contributed by atoms with Crippen molar-refractivity contribution >= 4 is 23.7 Å². The molecule has 2 aromatic heterocycles. The average molecular weight is 472 g/mol. The number of urea groups is 1. The van der Waals surface area contributed by atoms with Gasteiger partial charge in [0.25, 0.3) is 5.91 Å². The van der Waals surface area contributed by atoms with Crippen molar-refractivity contribution in [3.8, 4) is 5.88 Å². The molecule has 0 radical (unpaired) electrons. The van der Waals surface area contributed by atoms with E-state index in [9.17, 15) is 14.7 Å². The molecule has 0 fully saturated rings. The third-order valence-corrected chi connectivity index (χ3v) is 5.97. The van der Waals surface area contributed by atoms with Crippen LogP contribution < -0.4 is 10.1 Å². The van der Waals surface area contributed by atoms with Gasteiger partial charge in [0, 0.05) is 25.7 Å². The Hall–Kier alpha value is -3.40. The number of nitrogens with zero attached hydrogens (tertiary/aromatic N) is 4. The highest BCUT2D eigenvalue weighted by molar-refractivity contribution is 5.97. The normalized spacial score (nSPS) is 19.3. The van der Waals surface area contributed by atoms with Gasteiger partial charge in [-0.2, -0.15) is 0 Å². The summed E-state index contributed by atoms with van der Waals surface area (Å²) in [6, 6.07) is 1.02. The first-order valence-electron chi connectivity index (χ1n) is 11.3. The van der Waals surface area contributed by atoms with Crippen LogP contribution in [0.2, 0.25) is 0 Å². The van der Waals surface area contributed by atoms with Crippen molar-refractivity contribution in [1.29, 1.82) is 0 Å². The minimum Gasteiger partial charge on any atom is -0.472 e. The molecule has 2 aromatic rings. The number of hydrogen-bond acceptors (Lipinski definition) is 7. The van der Waals surface area contributed by atoms with Gasteiger partial charge in [0.2, 0.25) is 5.88 Å². The zero-order chi connectivity index (χ0) is 25.0. The molecule has 0 saturated heterocycles. The summed E-state index contributed by atoms with van der Waals surface area (Å²) >= 11 is 0. The van der Waals surface area contributed by atoms with Crippen molar-refractivity contribution in [3.63, 3.8) is 0 Å². The van der Waals surface area contributed by atoms with Crippen molar-refractivity contribution in [2.24, 2.45) is 5.92 Å². The molecule has 184 valence electrons. The Morgan fingerprint density at radius 3 is 2.79 bits per heavy atom. The minimum atomic E-state index is -0.444. The van der Waals surface area contributed by atoms with Gasteiger partial charge >= 0.3 is 6.03 Å². The lowest BCUT2D eigenvalue weighted by atomic mass is 10.00. The number of carbonyl (C=O) groups excluding carboxylic acids is 2. The lowest BCUT2D eigenvalue weighted by molar-refractivity contribution is 0.0356. The first-order chi connectivity index (χ1) is 16.2. The molecular weight excluding hydrogens is 438 g/mol. The Kier molecular flexibility index (Phi) is 7.93. The maximum Gasteiger partial charge on any atom is 0.321 e. The molecule has 10 nitrogen and oxygen atoms in total. The third-order valence-electron chi connectivity index (χ3n) is 5.97. The first-order valence-corrected chi connectivity index (χ1v) is 11.3. The number of likely N-dealkylation sites (N-methyl/N-ethyl adjacent to an activating group) is 1. The molecule has 3 rings (SSSR count). The predicted molar refractivity (Wildman–Crippen MR) is 128 cm³/mol. The van der Waals surface area contributed by atoms with Crippen LogP contribution in [0.1, 0.15) is 48.1 Å². The van der Waals surface area contributed by atoms with E-state index in [1.807, 2.05) is 26.0 Å². The molecule has 3 atom stereocenters. The largest absolute Gasteiger partial charge is 0.472 e. The summed E-state index contributed by atoms with van der Waals surface area (Å²) in [6.45, 7) is 9.57. The number of aliphatic hydroxyl groups is 1. The highest BCUT2D eigenvalue weighted by Crippen LogP contribution is 2.28. The van der Waals surface area contributed by atoms with Crippen molar-refractivity contribution in [3.05, 3.63) is 40.9 Å². The second kappa shape index (κ2) is 10.7. The summed E-state index contributed by atoms with van der Waals surface area (Å²) < 4.78 is 11.3. The number of fused-ring (bicyclic) bond motifs is 1. The maximum atomic E-state index is 13.4. The van der Waals surface area contributed by atoms with Gasteiger partial charge in [-0.15, -0.1) is 0 Å². The van der Waals surface area contributed by atoms with Crippen molar-refractivity contribution in [2.75, 3.05) is 32.1 Å². The Bertz CT molecular complexity index is 1050. The molecule has 1 aliphatic heterocycles. The van der Waals surface area contributed by atoms with Gasteiger partial charge in [0.1, 0.15) is 23.0 Å². The highest BCUT2D eigenvalue weighted by atomic mass is 16.5. The van der Waals surface area contributed by atoms with Gasteiger partial charge in [-0.1, -0.05) is 24.2 Å². The number of ether oxygens (including phenoxy) is 1. The maximum absolute atomic E-state index is 13.4. The Labute approximate surface area is 199 Å². The van der Waals surface area contributed by atoms with E-state index in [0.29, 0.717) is 29.2 Å². The van der Waals surface area contributed by atoms with E-state index in [0.717, 1.165) is 5.56 Å². The molecule has 0 spiro atoms. The average Bonchev–Trinajstić information content (AvgIpc) is 3.13. The number of allylic oxidation sites excluding steroid dienone is 1. The topological polar surface area (TPSA) is 121 Å². The zero-order valence-electron chi connectivity index (χ0n) is 20.5. The fourth-order valence-electron chi connectivity index (χ4n) is 3.84. The molecule has 2 N–H and O–H groups in total. The summed E-state index contributed by atoms with van der Waals surface area (Å²) in [5, 5.41) is 16.5. The number of aliphatic hydroxyl groups excluding tert-OH is 1. The predicted octanol–water partition coefficient (Wildman–Crippen LogP) is 3.10. The number of hydrogen-bond donors (Lipinski definition) is 2. The van der Waals surface area contributed by atoms with Gasteiger partial charge in [-0.25, -0.2) is 9.78 Å². The number of anilines is 1. The lowest BCUT2D eigenvalue weighted by Crippen LogP contribution is -2.50. The van der Waals surface area contributed by atoms with Crippen LogP contribution in [-0.2, 0) is 0 Å². The van der Waals surface area contributed by atoms with Crippen LogP contribution in [0.4, 0.5) is 10.5 Å². The second-order valence-corrected chi connectivity index (χ2v) is 8.75. The van der Waals surface area contributed by atoms with Crippen LogP contribution in [0, 0.1) is 19.8 Å². The van der Waals surface area contributed by atoms with Crippen molar-refractivity contribution < 1.29 is 24.0 Å². The van der Waals surface area contributed by atoms with Crippen LogP contribution in [0.5, 0.6) is 5.88 Å². The van der Waals surface area contributed by atoms with Gasteiger partial charge in [0.15, 0.2) is 5.76 Å². The molecule has 0 saturated carbocycles. The third kappa shape index (κ3) is 5.39. The summed E-state index contributed by atoms with van der Waals surface area (Å²) in [5.74, 6) is 0.351. The number of pyridine rings is 1. The molecule has 0 bridgehead atoms. The van der Waals surface area contributed by atoms with E-state index in [-0.39, 0.29) is 42.9 Å². The van der Waals surface area contributed by atoms with E-state index in [1.165, 1.54) is 4.90 Å². The fourth-order valence-corrected chi connectivity index (χ4v) is 3.84. The highest BCUT2D eigenvalue weighted by Gasteiger charge is 2.34. The van der Waals surface area contributed by atoms with E-state index in [2.05, 4.69) is 15.5 Å². The van der Waals surface area contributed by atoms with Crippen molar-refractivity contribution in [1.82, 2.24) is 19.9 Å². The number of carbonyl (C=O) groups is 2. The molecular formula is C24H33N5O5. The van der Waals surface area contributed by atoms with Gasteiger partial charge < -0.3 is 29.5 Å². The number of amides is 3. The van der Waals surface area contributed by atoms with E-state index in [1.54, 1.807) is 45.0 Å². The standard InChI is InChI=1S/C24H33N5O5/c1-7-8-18-9-19-22(25-10-18)33-20(14(2)11-29(23(19)31)15(3)13-30)12-28(6)24(32)26-21-16(4)27-34-17(21)5/h7-10,14-15,20,30H,11-13H2,1-6H3,(H,26,32)/b8-7+/t14-,15-,20-/m1/s1. The lowest BCUT2D eigenvalue weighted by Gasteiger charge is -2.37. The van der Waals surface area contributed by atoms with Gasteiger partial charge in [0.05, 0.1) is 19.2 Å². The van der Waals surface area contributed by atoms with E-state index < -0.39 is 6.10 Å². The Morgan fingerprint density at radius 2 is 2.18 bits per heavy atom. The number of nitrogens with one attached hydrogen (secondary N) is 1. The summed E-state index contributed by atoms with van der Waals surface area (Å²) in [7, 11) is 1.67. The zero-order valence-corrected chi connectivity index (χ0v) is 20.5. The van der Waals surface area contributed by atoms with Crippen LogP contribution >= 0.6 is 0 Å². The summed E-state index contributed by atoms with van der Waals surface area (Å²) in [4.78, 5) is 33.8. The number of aryl methyl sites for hydroxylation is 2. The molecule has 34 heavy (non-hydrogen) atoms. The van der Waals surface area contributed by atoms with Crippen molar-refractivity contribution in [2.45, 2.75) is 46.8 Å². The molecule has 1 aliphatic rings. The SMILES string of the molecule is C/C=C/c1cnc2c(c1)C(=O)N([C@H](C)CO)C[C@@H](C)[C@@H](CN(C)C(=O)Nc1c(C)noc1C)O2. The van der Waals surface area contributed by atoms with Crippen LogP contribution in [-0.4, -0.2) is 75.9 Å². The fraction of sp³-hybridized carbons (Fsp3) is 0.500. The van der Waals surface area contributed by atoms with Gasteiger partial charge in [-0.3, -0.25) is 4.79 Å². The molecule has 3 heterocycles. The summed E-state index contributed by atoms with van der Waals surface area (Å²) in [6.07, 6.45) is 4.92. The number of rotatable bonds is 6. The Morgan fingerprint density at radius 1 is 1.44 bits per heavy atom. The summed E-state index contributed by atoms with van der Waals surface area (Å²) in [5.41, 5.74) is 2.24. The molecule has 0 aromatic carbocycles. The second-order valence-electron chi connectivity index (χ2n) is 8.75. The monoisotopic (exact) mass is 471 g/mol. The smallest absolute Gasteiger partial charge is 0.321 e. The first kappa shape index (κ1) is 25.2. The molecule has 3 amide bonds. The number of aromatic nitrogens is 2. The van der Waals surface area contributed by atoms with E-state index in [4.69, 9.17) is 9.26 Å². The van der Waals surface area contributed by atoms with Crippen LogP contribution in [0.15, 0.2) is 22.9 Å². The van der Waals surface area contributed by atoms with Crippen LogP contribution in [0.3, 0.4) is 0 Å². The molecule has 10 heteroatoms. The van der Waals surface area contributed by atoms with E-state index >= 15 is 0 Å². The van der Waals surface area contributed by atoms with Crippen LogP contribution in [0.25, 0.3) is 6.08 Å². The Balaban J connectivity index is 1.88. The molecule has 0 aliphatic carbocycles. The minimum absolute atomic E-state index is 0.141. The molecule has 0 unspecified atom stereocenters.